The number of carbonyl (C=O) groups is 4. The highest BCUT2D eigenvalue weighted by molar-refractivity contribution is 6.31. The van der Waals surface area contributed by atoms with E-state index in [1.165, 1.54) is 24.3 Å². The van der Waals surface area contributed by atoms with Crippen LogP contribution in [-0.2, 0) is 28.7 Å². The van der Waals surface area contributed by atoms with Crippen molar-refractivity contribution in [2.75, 3.05) is 19.8 Å². The Hall–Kier alpha value is -6.32. The third-order valence-corrected chi connectivity index (χ3v) is 13.3. The van der Waals surface area contributed by atoms with Crippen LogP contribution in [0.25, 0.3) is 12.2 Å². The standard InChI is InChI=1S/C48H54O27/c49-13-22(56)30(57)36(63)35(62)27(28-33(60)25(20(54)11-5-16-1-7-18(52)8-2-16)41(68)47(72,43(28)70)45-39(66)37(64)31(58)23(14-50)74-45)29-34(61)26(21(55)12-6-17-3-9-19(53)10-4-17)42(69)48(73,44(29)71)46-40(67)38(65)32(59)24(15-51)75-46/h1-12,22-24,27,30-32,35-40,45-46,49-67,72-73H,13-15H2/t22-,23-,24-,27?,30-,31-,32-,35+,36+,37+,38+,39-,40-,45-,46-,47-,48-/m1/s1. The summed E-state index contributed by atoms with van der Waals surface area (Å²) in [5, 5.41) is 233. The molecule has 0 saturated carbocycles. The summed E-state index contributed by atoms with van der Waals surface area (Å²) in [5.74, 6) is -20.2. The summed E-state index contributed by atoms with van der Waals surface area (Å²) in [7, 11) is 0. The van der Waals surface area contributed by atoms with Crippen LogP contribution in [0.5, 0.6) is 11.5 Å². The number of aliphatic hydroxyl groups is 19. The van der Waals surface area contributed by atoms with Crippen molar-refractivity contribution in [3.63, 3.8) is 0 Å². The van der Waals surface area contributed by atoms with Gasteiger partial charge in [-0.05, 0) is 47.5 Å². The highest BCUT2D eigenvalue weighted by Gasteiger charge is 2.68. The van der Waals surface area contributed by atoms with Crippen molar-refractivity contribution in [2.24, 2.45) is 5.92 Å². The van der Waals surface area contributed by atoms with Crippen LogP contribution >= 0.6 is 0 Å². The smallest absolute Gasteiger partial charge is 0.219 e. The predicted molar refractivity (Wildman–Crippen MR) is 245 cm³/mol. The van der Waals surface area contributed by atoms with E-state index in [0.29, 0.717) is 12.2 Å². The Kier molecular flexibility index (Phi) is 17.4. The first-order valence-corrected chi connectivity index (χ1v) is 22.4. The lowest BCUT2D eigenvalue weighted by molar-refractivity contribution is -0.261. The van der Waals surface area contributed by atoms with Gasteiger partial charge in [-0.1, -0.05) is 36.4 Å². The molecular formula is C48H54O27. The molecule has 16 atom stereocenters. The van der Waals surface area contributed by atoms with E-state index in [1.807, 2.05) is 0 Å². The quantitative estimate of drug-likeness (QED) is 0.0448. The SMILES string of the molecule is O=C1C(=C(O)C=Cc2ccc(O)cc2)C(O)=C(C(C2=C(O)C(=C(O)C=Cc3ccc(O)cc3)C(=O)[C@](O)([C@@H]3O[C@H](CO)[C@@H](O)[C@H](O)[C@H]3O)C2=O)[C@H](O)[C@@H](O)[C@H](O)[C@H](O)CO)C(=O)[C@@]1(O)[C@@H]1O[C@H](CO)[C@@H](O)[C@H](O)[C@H]1O. The van der Waals surface area contributed by atoms with Crippen molar-refractivity contribution in [1.82, 2.24) is 0 Å². The fraction of sp³-hybridized carbons (Fsp3) is 0.417. The van der Waals surface area contributed by atoms with E-state index in [-0.39, 0.29) is 22.6 Å². The number of ether oxygens (including phenoxy) is 2. The Bertz CT molecular complexity index is 2530. The number of ketones is 4. The zero-order chi connectivity index (χ0) is 55.9. The Balaban J connectivity index is 1.77. The van der Waals surface area contributed by atoms with Crippen molar-refractivity contribution < 1.29 is 136 Å². The second kappa shape index (κ2) is 22.5. The average Bonchev–Trinajstić information content (AvgIpc) is 3.39. The second-order valence-electron chi connectivity index (χ2n) is 17.9. The predicted octanol–water partition coefficient (Wildman–Crippen LogP) is -6.42. The number of Topliss-reactive ketones (excluding diaryl/α,β-unsaturated/α-hetero) is 4. The Labute approximate surface area is 421 Å². The monoisotopic (exact) mass is 1060 g/mol. The molecule has 2 fully saturated rings. The topological polar surface area (TPSA) is 512 Å². The van der Waals surface area contributed by atoms with Crippen LogP contribution in [0.15, 0.2) is 106 Å². The summed E-state index contributed by atoms with van der Waals surface area (Å²) in [6.07, 6.45) is -34.3. The molecule has 27 heteroatoms. The van der Waals surface area contributed by atoms with E-state index in [2.05, 4.69) is 0 Å². The van der Waals surface area contributed by atoms with Crippen LogP contribution in [-0.4, -0.2) is 247 Å². The van der Waals surface area contributed by atoms with Gasteiger partial charge in [-0.25, -0.2) is 0 Å². The highest BCUT2D eigenvalue weighted by Crippen LogP contribution is 2.48. The first-order chi connectivity index (χ1) is 35.2. The van der Waals surface area contributed by atoms with Gasteiger partial charge < -0.3 is 117 Å². The molecule has 0 radical (unpaired) electrons. The lowest BCUT2D eigenvalue weighted by atomic mass is 9.62. The molecule has 4 aliphatic rings. The van der Waals surface area contributed by atoms with Gasteiger partial charge >= 0.3 is 0 Å². The lowest BCUT2D eigenvalue weighted by Gasteiger charge is -2.48. The maximum atomic E-state index is 15.3. The molecular weight excluding hydrogens is 1010 g/mol. The molecule has 2 aliphatic heterocycles. The Morgan fingerprint density at radius 2 is 0.853 bits per heavy atom. The normalized spacial score (nSPS) is 34.5. The zero-order valence-electron chi connectivity index (χ0n) is 38.6. The number of carbonyl (C=O) groups excluding carboxylic acids is 4. The summed E-state index contributed by atoms with van der Waals surface area (Å²) >= 11 is 0. The Morgan fingerprint density at radius 1 is 0.507 bits per heavy atom. The van der Waals surface area contributed by atoms with E-state index in [9.17, 15) is 117 Å². The maximum absolute atomic E-state index is 15.3. The molecule has 75 heavy (non-hydrogen) atoms. The van der Waals surface area contributed by atoms with Crippen LogP contribution in [0.2, 0.25) is 0 Å². The summed E-state index contributed by atoms with van der Waals surface area (Å²) in [5.41, 5.74) is -15.7. The molecule has 2 heterocycles. The molecule has 0 aromatic heterocycles. The summed E-state index contributed by atoms with van der Waals surface area (Å²) in [4.78, 5) is 60.1. The number of phenolic OH excluding ortho intramolecular Hbond substituents is 2. The third-order valence-electron chi connectivity index (χ3n) is 13.3. The van der Waals surface area contributed by atoms with Crippen LogP contribution < -0.4 is 0 Å². The molecule has 0 bridgehead atoms. The van der Waals surface area contributed by atoms with Gasteiger partial charge in [0.15, 0.2) is 0 Å². The van der Waals surface area contributed by atoms with Gasteiger partial charge in [0, 0.05) is 0 Å². The van der Waals surface area contributed by atoms with Crippen LogP contribution in [0.3, 0.4) is 0 Å². The summed E-state index contributed by atoms with van der Waals surface area (Å²) in [6.45, 7) is -4.07. The highest BCUT2D eigenvalue weighted by atomic mass is 16.6. The van der Waals surface area contributed by atoms with Crippen molar-refractivity contribution in [1.29, 1.82) is 0 Å². The van der Waals surface area contributed by atoms with E-state index >= 15 is 9.59 Å². The molecule has 0 unspecified atom stereocenters. The number of aliphatic hydroxyl groups excluding tert-OH is 17. The number of hydrogen-bond acceptors (Lipinski definition) is 27. The number of phenols is 2. The number of allylic oxidation sites excluding steroid dienone is 4. The second-order valence-corrected chi connectivity index (χ2v) is 17.9. The van der Waals surface area contributed by atoms with Gasteiger partial charge in [0.1, 0.15) is 125 Å². The van der Waals surface area contributed by atoms with Crippen LogP contribution in [0.4, 0.5) is 0 Å². The van der Waals surface area contributed by atoms with E-state index in [0.717, 1.165) is 36.4 Å². The van der Waals surface area contributed by atoms with Crippen molar-refractivity contribution in [2.45, 2.75) is 96.7 Å². The number of hydrogen-bond donors (Lipinski definition) is 21. The van der Waals surface area contributed by atoms with Crippen molar-refractivity contribution in [3.8, 4) is 11.5 Å². The van der Waals surface area contributed by atoms with E-state index in [1.54, 1.807) is 0 Å². The molecule has 2 aromatic rings. The average molecular weight is 1060 g/mol. The molecule has 408 valence electrons. The number of aromatic hydroxyl groups is 2. The molecule has 27 nitrogen and oxygen atoms in total. The first kappa shape index (κ1) is 57.9. The largest absolute Gasteiger partial charge is 0.508 e. The fourth-order valence-corrected chi connectivity index (χ4v) is 9.07. The minimum Gasteiger partial charge on any atom is -0.508 e. The third kappa shape index (κ3) is 10.1. The lowest BCUT2D eigenvalue weighted by Crippen LogP contribution is -2.72. The molecule has 2 aromatic carbocycles. The summed E-state index contributed by atoms with van der Waals surface area (Å²) < 4.78 is 10.7. The molecule has 6 rings (SSSR count). The molecule has 21 N–H and O–H groups in total. The first-order valence-electron chi connectivity index (χ1n) is 22.4. The molecule has 0 amide bonds. The summed E-state index contributed by atoms with van der Waals surface area (Å²) in [6, 6.07) is 9.47. The van der Waals surface area contributed by atoms with Gasteiger partial charge in [-0.3, -0.25) is 19.2 Å². The minimum atomic E-state index is -4.30. The van der Waals surface area contributed by atoms with Crippen molar-refractivity contribution >= 4 is 35.3 Å². The van der Waals surface area contributed by atoms with Gasteiger partial charge in [-0.15, -0.1) is 0 Å². The maximum Gasteiger partial charge on any atom is 0.219 e. The molecule has 0 spiro atoms. The molecule has 2 saturated heterocycles. The van der Waals surface area contributed by atoms with Crippen LogP contribution in [0, 0.1) is 5.92 Å². The fourth-order valence-electron chi connectivity index (χ4n) is 9.07. The van der Waals surface area contributed by atoms with Gasteiger partial charge in [0.2, 0.25) is 34.3 Å². The van der Waals surface area contributed by atoms with Crippen molar-refractivity contribution in [3.05, 3.63) is 117 Å². The van der Waals surface area contributed by atoms with Gasteiger partial charge in [-0.2, -0.15) is 0 Å². The van der Waals surface area contributed by atoms with Crippen LogP contribution in [0.1, 0.15) is 11.1 Å². The van der Waals surface area contributed by atoms with Gasteiger partial charge in [0.05, 0.1) is 43.0 Å². The zero-order valence-corrected chi connectivity index (χ0v) is 38.6. The Morgan fingerprint density at radius 3 is 1.17 bits per heavy atom. The van der Waals surface area contributed by atoms with E-state index in [4.69, 9.17) is 9.47 Å². The number of benzene rings is 2. The van der Waals surface area contributed by atoms with Gasteiger partial charge in [0.25, 0.3) is 0 Å². The minimum absolute atomic E-state index is 0.0960. The molecule has 2 aliphatic carbocycles. The number of rotatable bonds is 15. The van der Waals surface area contributed by atoms with E-state index < -0.39 is 191 Å².